The number of hydrogen-bond donors (Lipinski definition) is 1. The lowest BCUT2D eigenvalue weighted by Gasteiger charge is -2.43. The molecule has 1 heterocycles. The van der Waals surface area contributed by atoms with Crippen LogP contribution in [0.15, 0.2) is 42.5 Å². The van der Waals surface area contributed by atoms with Crippen molar-refractivity contribution in [1.82, 2.24) is 10.0 Å². The quantitative estimate of drug-likeness (QED) is 0.881. The van der Waals surface area contributed by atoms with Crippen LogP contribution in [-0.2, 0) is 10.4 Å². The molecule has 144 valence electrons. The lowest BCUT2D eigenvalue weighted by atomic mass is 9.88. The lowest BCUT2D eigenvalue weighted by Crippen LogP contribution is -2.57. The molecule has 2 aromatic rings. The van der Waals surface area contributed by atoms with Gasteiger partial charge in [-0.3, -0.25) is 9.80 Å². The van der Waals surface area contributed by atoms with Gasteiger partial charge in [-0.1, -0.05) is 61.7 Å². The predicted octanol–water partition coefficient (Wildman–Crippen LogP) is 4.22. The van der Waals surface area contributed by atoms with E-state index in [9.17, 15) is 9.90 Å². The molecular weight excluding hydrogens is 336 g/mol. The molecule has 1 atom stereocenters. The van der Waals surface area contributed by atoms with Gasteiger partial charge in [0.15, 0.2) is 5.60 Å². The molecule has 0 radical (unpaired) electrons. The number of aliphatic hydroxyl groups is 1. The standard InChI is InChI=1S/C23H30N2O2/c1-23(27,21-15-9-11-18-10-5-6-14-20(18)21)22(26)25(24-16-7-8-17-24)19-12-3-2-4-13-19/h5-6,9-11,14-15,19,27H,2-4,7-8,12-13,16-17H2,1H3. The minimum atomic E-state index is -1.54. The zero-order chi connectivity index (χ0) is 18.9. The summed E-state index contributed by atoms with van der Waals surface area (Å²) in [6, 6.07) is 14.0. The zero-order valence-electron chi connectivity index (χ0n) is 16.2. The van der Waals surface area contributed by atoms with E-state index in [2.05, 4.69) is 5.01 Å². The Kier molecular flexibility index (Phi) is 5.20. The van der Waals surface area contributed by atoms with E-state index < -0.39 is 5.60 Å². The van der Waals surface area contributed by atoms with Gasteiger partial charge in [-0.05, 0) is 43.4 Å². The Hall–Kier alpha value is -1.91. The average Bonchev–Trinajstić information content (AvgIpc) is 3.22. The molecule has 4 rings (SSSR count). The van der Waals surface area contributed by atoms with Crippen molar-refractivity contribution < 1.29 is 9.90 Å². The Morgan fingerprint density at radius 1 is 1.00 bits per heavy atom. The summed E-state index contributed by atoms with van der Waals surface area (Å²) in [6.07, 6.45) is 7.89. The molecule has 1 aliphatic heterocycles. The highest BCUT2D eigenvalue weighted by molar-refractivity contribution is 5.94. The maximum atomic E-state index is 13.7. The maximum absolute atomic E-state index is 13.7. The van der Waals surface area contributed by atoms with Crippen molar-refractivity contribution in [2.45, 2.75) is 63.5 Å². The largest absolute Gasteiger partial charge is 0.375 e. The van der Waals surface area contributed by atoms with Crippen molar-refractivity contribution in [2.75, 3.05) is 13.1 Å². The Labute approximate surface area is 161 Å². The second-order valence-electron chi connectivity index (χ2n) is 8.20. The van der Waals surface area contributed by atoms with Crippen molar-refractivity contribution in [2.24, 2.45) is 0 Å². The highest BCUT2D eigenvalue weighted by Gasteiger charge is 2.43. The molecule has 1 unspecified atom stereocenters. The van der Waals surface area contributed by atoms with Gasteiger partial charge in [0.1, 0.15) is 0 Å². The molecule has 0 aromatic heterocycles. The minimum Gasteiger partial charge on any atom is -0.375 e. The number of fused-ring (bicyclic) bond motifs is 1. The zero-order valence-corrected chi connectivity index (χ0v) is 16.2. The first-order valence-electron chi connectivity index (χ1n) is 10.4. The van der Waals surface area contributed by atoms with Gasteiger partial charge < -0.3 is 5.11 Å². The van der Waals surface area contributed by atoms with Crippen LogP contribution in [0.4, 0.5) is 0 Å². The molecule has 27 heavy (non-hydrogen) atoms. The smallest absolute Gasteiger partial charge is 0.273 e. The summed E-state index contributed by atoms with van der Waals surface area (Å²) in [5.41, 5.74) is -0.841. The fourth-order valence-corrected chi connectivity index (χ4v) is 4.75. The third-order valence-corrected chi connectivity index (χ3v) is 6.25. The molecule has 1 saturated heterocycles. The number of hydrogen-bond acceptors (Lipinski definition) is 3. The van der Waals surface area contributed by atoms with Crippen LogP contribution in [-0.4, -0.2) is 40.2 Å². The van der Waals surface area contributed by atoms with Gasteiger partial charge in [-0.15, -0.1) is 0 Å². The summed E-state index contributed by atoms with van der Waals surface area (Å²) < 4.78 is 0. The minimum absolute atomic E-state index is 0.173. The number of carbonyl (C=O) groups excluding carboxylic acids is 1. The van der Waals surface area contributed by atoms with Crippen LogP contribution in [0.1, 0.15) is 57.4 Å². The SMILES string of the molecule is CC(O)(C(=O)N(C1CCCCC1)N1CCCC1)c1cccc2ccccc12. The van der Waals surface area contributed by atoms with E-state index in [0.717, 1.165) is 49.5 Å². The van der Waals surface area contributed by atoms with Crippen molar-refractivity contribution in [1.29, 1.82) is 0 Å². The molecule has 2 aromatic carbocycles. The number of amides is 1. The van der Waals surface area contributed by atoms with Crippen LogP contribution in [0, 0.1) is 0 Å². The van der Waals surface area contributed by atoms with Crippen LogP contribution in [0.25, 0.3) is 10.8 Å². The Bertz CT molecular complexity index is 800. The number of hydrazine groups is 1. The number of rotatable bonds is 4. The van der Waals surface area contributed by atoms with Gasteiger partial charge in [-0.25, -0.2) is 5.01 Å². The highest BCUT2D eigenvalue weighted by Crippen LogP contribution is 2.34. The molecule has 0 spiro atoms. The molecule has 4 nitrogen and oxygen atoms in total. The van der Waals surface area contributed by atoms with Gasteiger partial charge in [0, 0.05) is 24.7 Å². The van der Waals surface area contributed by atoms with Gasteiger partial charge >= 0.3 is 0 Å². The van der Waals surface area contributed by atoms with Crippen molar-refractivity contribution >= 4 is 16.7 Å². The predicted molar refractivity (Wildman–Crippen MR) is 108 cm³/mol. The van der Waals surface area contributed by atoms with Gasteiger partial charge in [0.25, 0.3) is 5.91 Å². The average molecular weight is 367 g/mol. The Balaban J connectivity index is 1.72. The fraction of sp³-hybridized carbons (Fsp3) is 0.522. The van der Waals surface area contributed by atoms with E-state index in [1.54, 1.807) is 6.92 Å². The molecule has 1 aliphatic carbocycles. The molecule has 4 heteroatoms. The normalized spacial score (nSPS) is 21.3. The van der Waals surface area contributed by atoms with Crippen LogP contribution >= 0.6 is 0 Å². The second-order valence-corrected chi connectivity index (χ2v) is 8.20. The van der Waals surface area contributed by atoms with Crippen LogP contribution in [0.5, 0.6) is 0 Å². The van der Waals surface area contributed by atoms with E-state index in [1.165, 1.54) is 19.3 Å². The van der Waals surface area contributed by atoms with Gasteiger partial charge in [-0.2, -0.15) is 0 Å². The summed E-state index contributed by atoms with van der Waals surface area (Å²) in [5.74, 6) is -0.173. The van der Waals surface area contributed by atoms with E-state index >= 15 is 0 Å². The Morgan fingerprint density at radius 2 is 1.67 bits per heavy atom. The first-order chi connectivity index (χ1) is 13.1. The summed E-state index contributed by atoms with van der Waals surface area (Å²) in [7, 11) is 0. The summed E-state index contributed by atoms with van der Waals surface area (Å²) in [4.78, 5) is 13.7. The molecule has 1 N–H and O–H groups in total. The Morgan fingerprint density at radius 3 is 2.41 bits per heavy atom. The molecular formula is C23H30N2O2. The summed E-state index contributed by atoms with van der Waals surface area (Å²) >= 11 is 0. The van der Waals surface area contributed by atoms with Crippen molar-refractivity contribution in [3.8, 4) is 0 Å². The topological polar surface area (TPSA) is 43.8 Å². The van der Waals surface area contributed by atoms with Gasteiger partial charge in [0.05, 0.1) is 0 Å². The monoisotopic (exact) mass is 366 g/mol. The lowest BCUT2D eigenvalue weighted by molar-refractivity contribution is -0.175. The molecule has 2 fully saturated rings. The van der Waals surface area contributed by atoms with E-state index in [-0.39, 0.29) is 11.9 Å². The first kappa shape index (κ1) is 18.5. The third kappa shape index (κ3) is 3.48. The van der Waals surface area contributed by atoms with Crippen molar-refractivity contribution in [3.05, 3.63) is 48.0 Å². The van der Waals surface area contributed by atoms with Crippen LogP contribution in [0.3, 0.4) is 0 Å². The fourth-order valence-electron chi connectivity index (χ4n) is 4.75. The molecule has 0 bridgehead atoms. The summed E-state index contributed by atoms with van der Waals surface area (Å²) in [5, 5.41) is 17.6. The van der Waals surface area contributed by atoms with E-state index in [0.29, 0.717) is 5.56 Å². The van der Waals surface area contributed by atoms with E-state index in [4.69, 9.17) is 0 Å². The second kappa shape index (κ2) is 7.61. The third-order valence-electron chi connectivity index (χ3n) is 6.25. The van der Waals surface area contributed by atoms with Crippen LogP contribution < -0.4 is 0 Å². The van der Waals surface area contributed by atoms with Gasteiger partial charge in [0.2, 0.25) is 0 Å². The number of nitrogens with zero attached hydrogens (tertiary/aromatic N) is 2. The molecule has 2 aliphatic rings. The highest BCUT2D eigenvalue weighted by atomic mass is 16.3. The first-order valence-corrected chi connectivity index (χ1v) is 10.4. The number of carbonyl (C=O) groups is 1. The van der Waals surface area contributed by atoms with Crippen molar-refractivity contribution in [3.63, 3.8) is 0 Å². The summed E-state index contributed by atoms with van der Waals surface area (Å²) in [6.45, 7) is 3.49. The maximum Gasteiger partial charge on any atom is 0.273 e. The van der Waals surface area contributed by atoms with E-state index in [1.807, 2.05) is 47.5 Å². The van der Waals surface area contributed by atoms with Crippen LogP contribution in [0.2, 0.25) is 0 Å². The molecule has 1 saturated carbocycles. The number of benzene rings is 2. The molecule has 1 amide bonds.